The van der Waals surface area contributed by atoms with Gasteiger partial charge in [0.1, 0.15) is 0 Å². The maximum atomic E-state index is 6.02. The van der Waals surface area contributed by atoms with Crippen molar-refractivity contribution in [2.24, 2.45) is 0 Å². The van der Waals surface area contributed by atoms with Crippen LogP contribution in [0.3, 0.4) is 0 Å². The van der Waals surface area contributed by atoms with Crippen molar-refractivity contribution in [1.29, 1.82) is 0 Å². The quantitative estimate of drug-likeness (QED) is 0.536. The van der Waals surface area contributed by atoms with Crippen molar-refractivity contribution in [3.05, 3.63) is 56.2 Å². The summed E-state index contributed by atoms with van der Waals surface area (Å²) in [5, 5.41) is 0. The van der Waals surface area contributed by atoms with Crippen LogP contribution in [-0.4, -0.2) is 0 Å². The molecular weight excluding hydrogens is 224 g/mol. The van der Waals surface area contributed by atoms with Gasteiger partial charge in [0.05, 0.1) is 4.34 Å². The zero-order valence-corrected chi connectivity index (χ0v) is 9.61. The SMILES string of the molecule is Clc1cc2c(s1)C=Cc1ccccc1C2. The third kappa shape index (κ3) is 1.62. The van der Waals surface area contributed by atoms with Crippen LogP contribution >= 0.6 is 22.9 Å². The summed E-state index contributed by atoms with van der Waals surface area (Å²) in [6.45, 7) is 0. The summed E-state index contributed by atoms with van der Waals surface area (Å²) >= 11 is 7.67. The fourth-order valence-corrected chi connectivity index (χ4v) is 3.11. The molecule has 0 spiro atoms. The Labute approximate surface area is 97.8 Å². The number of hydrogen-bond acceptors (Lipinski definition) is 1. The Kier molecular flexibility index (Phi) is 2.15. The predicted molar refractivity (Wildman–Crippen MR) is 67.5 cm³/mol. The van der Waals surface area contributed by atoms with Gasteiger partial charge in [-0.25, -0.2) is 0 Å². The first-order chi connectivity index (χ1) is 7.33. The summed E-state index contributed by atoms with van der Waals surface area (Å²) < 4.78 is 0.879. The summed E-state index contributed by atoms with van der Waals surface area (Å²) in [6.07, 6.45) is 5.33. The van der Waals surface area contributed by atoms with E-state index >= 15 is 0 Å². The summed E-state index contributed by atoms with van der Waals surface area (Å²) in [5.41, 5.74) is 4.03. The Morgan fingerprint density at radius 3 is 2.87 bits per heavy atom. The van der Waals surface area contributed by atoms with E-state index in [-0.39, 0.29) is 0 Å². The highest BCUT2D eigenvalue weighted by molar-refractivity contribution is 7.17. The number of halogens is 1. The van der Waals surface area contributed by atoms with Crippen molar-refractivity contribution in [2.75, 3.05) is 0 Å². The molecule has 0 saturated heterocycles. The average molecular weight is 233 g/mol. The van der Waals surface area contributed by atoms with E-state index in [1.807, 2.05) is 0 Å². The summed E-state index contributed by atoms with van der Waals surface area (Å²) in [7, 11) is 0. The lowest BCUT2D eigenvalue weighted by Gasteiger charge is -2.02. The van der Waals surface area contributed by atoms with E-state index in [4.69, 9.17) is 11.6 Å². The molecule has 1 aliphatic rings. The number of hydrogen-bond donors (Lipinski definition) is 0. The molecule has 74 valence electrons. The van der Waals surface area contributed by atoms with E-state index in [1.54, 1.807) is 11.3 Å². The van der Waals surface area contributed by atoms with Gasteiger partial charge in [0.15, 0.2) is 0 Å². The fraction of sp³-hybridized carbons (Fsp3) is 0.0769. The van der Waals surface area contributed by atoms with Crippen LogP contribution in [0, 0.1) is 0 Å². The molecule has 1 heterocycles. The van der Waals surface area contributed by atoms with Crippen molar-refractivity contribution in [2.45, 2.75) is 6.42 Å². The molecule has 0 saturated carbocycles. The summed E-state index contributed by atoms with van der Waals surface area (Å²) in [5.74, 6) is 0. The molecule has 1 aromatic heterocycles. The summed E-state index contributed by atoms with van der Waals surface area (Å²) in [6, 6.07) is 10.6. The Balaban J connectivity index is 2.17. The molecule has 3 rings (SSSR count). The fourth-order valence-electron chi connectivity index (χ4n) is 1.92. The molecule has 15 heavy (non-hydrogen) atoms. The predicted octanol–water partition coefficient (Wildman–Crippen LogP) is 4.48. The van der Waals surface area contributed by atoms with Gasteiger partial charge in [0.25, 0.3) is 0 Å². The molecule has 0 nitrogen and oxygen atoms in total. The third-order valence-electron chi connectivity index (χ3n) is 2.66. The second kappa shape index (κ2) is 3.51. The van der Waals surface area contributed by atoms with Gasteiger partial charge in [0.2, 0.25) is 0 Å². The summed E-state index contributed by atoms with van der Waals surface area (Å²) in [4.78, 5) is 1.29. The van der Waals surface area contributed by atoms with E-state index in [1.165, 1.54) is 21.6 Å². The third-order valence-corrected chi connectivity index (χ3v) is 3.93. The minimum Gasteiger partial charge on any atom is -0.124 e. The highest BCUT2D eigenvalue weighted by atomic mass is 35.5. The average Bonchev–Trinajstić information content (AvgIpc) is 2.49. The monoisotopic (exact) mass is 232 g/mol. The van der Waals surface area contributed by atoms with Gasteiger partial charge in [-0.1, -0.05) is 41.9 Å². The number of thiophene rings is 1. The second-order valence-electron chi connectivity index (χ2n) is 3.65. The largest absolute Gasteiger partial charge is 0.124 e. The van der Waals surface area contributed by atoms with Gasteiger partial charge in [-0.2, -0.15) is 0 Å². The van der Waals surface area contributed by atoms with E-state index in [9.17, 15) is 0 Å². The maximum absolute atomic E-state index is 6.02. The van der Waals surface area contributed by atoms with Crippen LogP contribution in [0.5, 0.6) is 0 Å². The number of rotatable bonds is 0. The molecule has 1 aliphatic carbocycles. The maximum Gasteiger partial charge on any atom is 0.0937 e. The van der Waals surface area contributed by atoms with Crippen LogP contribution < -0.4 is 0 Å². The van der Waals surface area contributed by atoms with Crippen molar-refractivity contribution in [1.82, 2.24) is 0 Å². The first-order valence-corrected chi connectivity index (χ1v) is 6.06. The first kappa shape index (κ1) is 9.20. The molecule has 0 atom stereocenters. The molecule has 1 aromatic carbocycles. The minimum atomic E-state index is 0.879. The van der Waals surface area contributed by atoms with Gasteiger partial charge >= 0.3 is 0 Å². The lowest BCUT2D eigenvalue weighted by Crippen LogP contribution is -1.88. The number of benzene rings is 1. The molecule has 0 bridgehead atoms. The standard InChI is InChI=1S/C13H9ClS/c14-13-8-11-7-10-4-2-1-3-9(10)5-6-12(11)15-13/h1-6,8H,7H2. The smallest absolute Gasteiger partial charge is 0.0937 e. The zero-order valence-electron chi connectivity index (χ0n) is 8.03. The van der Waals surface area contributed by atoms with Crippen LogP contribution in [0.4, 0.5) is 0 Å². The molecule has 0 amide bonds. The Bertz CT molecular complexity index is 537. The van der Waals surface area contributed by atoms with Crippen molar-refractivity contribution >= 4 is 35.1 Å². The molecule has 0 N–H and O–H groups in total. The van der Waals surface area contributed by atoms with Crippen molar-refractivity contribution in [3.63, 3.8) is 0 Å². The van der Waals surface area contributed by atoms with Gasteiger partial charge in [-0.15, -0.1) is 11.3 Å². The van der Waals surface area contributed by atoms with E-state index in [2.05, 4.69) is 42.5 Å². The lowest BCUT2D eigenvalue weighted by molar-refractivity contribution is 1.20. The second-order valence-corrected chi connectivity index (χ2v) is 5.36. The molecule has 0 unspecified atom stereocenters. The highest BCUT2D eigenvalue weighted by Gasteiger charge is 2.11. The normalized spacial score (nSPS) is 13.1. The van der Waals surface area contributed by atoms with Crippen LogP contribution in [0.25, 0.3) is 12.2 Å². The Hall–Kier alpha value is -1.05. The van der Waals surface area contributed by atoms with E-state index in [0.717, 1.165) is 10.8 Å². The Morgan fingerprint density at radius 1 is 1.07 bits per heavy atom. The first-order valence-electron chi connectivity index (χ1n) is 4.87. The molecule has 0 aliphatic heterocycles. The number of fused-ring (bicyclic) bond motifs is 2. The van der Waals surface area contributed by atoms with Crippen LogP contribution in [0.2, 0.25) is 4.34 Å². The minimum absolute atomic E-state index is 0.879. The topological polar surface area (TPSA) is 0 Å². The van der Waals surface area contributed by atoms with Gasteiger partial charge in [-0.05, 0) is 35.3 Å². The highest BCUT2D eigenvalue weighted by Crippen LogP contribution is 2.33. The van der Waals surface area contributed by atoms with Gasteiger partial charge in [-0.3, -0.25) is 0 Å². The molecular formula is C13H9ClS. The molecule has 2 aromatic rings. The lowest BCUT2D eigenvalue weighted by atomic mass is 10.0. The molecule has 0 radical (unpaired) electrons. The van der Waals surface area contributed by atoms with E-state index in [0.29, 0.717) is 0 Å². The van der Waals surface area contributed by atoms with E-state index < -0.39 is 0 Å². The van der Waals surface area contributed by atoms with Gasteiger partial charge < -0.3 is 0 Å². The van der Waals surface area contributed by atoms with Crippen molar-refractivity contribution < 1.29 is 0 Å². The van der Waals surface area contributed by atoms with Gasteiger partial charge in [0, 0.05) is 4.88 Å². The van der Waals surface area contributed by atoms with Crippen LogP contribution in [0.15, 0.2) is 30.3 Å². The molecule has 2 heteroatoms. The zero-order chi connectivity index (χ0) is 10.3. The van der Waals surface area contributed by atoms with Crippen LogP contribution in [0.1, 0.15) is 21.6 Å². The Morgan fingerprint density at radius 2 is 1.93 bits per heavy atom. The van der Waals surface area contributed by atoms with Crippen molar-refractivity contribution in [3.8, 4) is 0 Å². The molecule has 0 fully saturated rings. The van der Waals surface area contributed by atoms with Crippen LogP contribution in [-0.2, 0) is 6.42 Å².